The van der Waals surface area contributed by atoms with Gasteiger partial charge in [-0.15, -0.1) is 0 Å². The number of rotatable bonds is 19. The minimum Gasteiger partial charge on any atom is -0.463 e. The van der Waals surface area contributed by atoms with Crippen LogP contribution in [0, 0.1) is 11.8 Å². The van der Waals surface area contributed by atoms with Crippen LogP contribution < -0.4 is 0 Å². The molecule has 2 aliphatic heterocycles. The molecule has 0 aliphatic carbocycles. The minimum atomic E-state index is -1.34. The van der Waals surface area contributed by atoms with E-state index >= 15 is 0 Å². The Balaban J connectivity index is 1.26. The smallest absolute Gasteiger partial charge is 0.303 e. The molecule has 2 saturated heterocycles. The molecule has 2 fully saturated rings. The summed E-state index contributed by atoms with van der Waals surface area (Å²) >= 11 is 0. The Labute approximate surface area is 408 Å². The lowest BCUT2D eigenvalue weighted by atomic mass is 9.89. The van der Waals surface area contributed by atoms with Crippen molar-refractivity contribution in [3.8, 4) is 11.8 Å². The summed E-state index contributed by atoms with van der Waals surface area (Å²) in [4.78, 5) is 49.5. The molecular weight excluding hydrogens is 897 g/mol. The number of ether oxygens (including phenoxy) is 10. The van der Waals surface area contributed by atoms with Crippen molar-refractivity contribution < 1.29 is 66.5 Å². The highest BCUT2D eigenvalue weighted by Gasteiger charge is 2.53. The van der Waals surface area contributed by atoms with Crippen LogP contribution in [-0.4, -0.2) is 92.0 Å². The third-order valence-corrected chi connectivity index (χ3v) is 11.4. The van der Waals surface area contributed by atoms with Crippen molar-refractivity contribution >= 4 is 23.9 Å². The summed E-state index contributed by atoms with van der Waals surface area (Å²) in [6.07, 6.45) is -9.93. The van der Waals surface area contributed by atoms with Gasteiger partial charge >= 0.3 is 23.9 Å². The van der Waals surface area contributed by atoms with E-state index in [-0.39, 0.29) is 33.0 Å². The third-order valence-electron chi connectivity index (χ3n) is 11.4. The number of carbonyl (C=O) groups is 4. The van der Waals surface area contributed by atoms with E-state index in [4.69, 9.17) is 47.4 Å². The molecule has 14 heteroatoms. The molecule has 0 aromatic heterocycles. The number of hydrogen-bond acceptors (Lipinski definition) is 14. The first-order chi connectivity index (χ1) is 34.0. The van der Waals surface area contributed by atoms with Gasteiger partial charge in [-0.25, -0.2) is 0 Å². The Bertz CT molecular complexity index is 2510. The van der Waals surface area contributed by atoms with Crippen molar-refractivity contribution in [3.63, 3.8) is 0 Å². The molecule has 0 radical (unpaired) electrons. The summed E-state index contributed by atoms with van der Waals surface area (Å²) in [5.41, 5.74) is 4.83. The van der Waals surface area contributed by atoms with Crippen LogP contribution >= 0.6 is 0 Å². The normalized spacial score (nSPS) is 24.0. The quantitative estimate of drug-likeness (QED) is 0.0453. The highest BCUT2D eigenvalue weighted by molar-refractivity contribution is 5.69. The van der Waals surface area contributed by atoms with Crippen LogP contribution in [0.15, 0.2) is 146 Å². The molecule has 70 heavy (non-hydrogen) atoms. The zero-order chi connectivity index (χ0) is 49.2. The van der Waals surface area contributed by atoms with Gasteiger partial charge < -0.3 is 47.4 Å². The maximum atomic E-state index is 12.6. The highest BCUT2D eigenvalue weighted by atomic mass is 16.7. The van der Waals surface area contributed by atoms with Gasteiger partial charge in [0.05, 0.1) is 33.0 Å². The Kier molecular flexibility index (Phi) is 18.8. The van der Waals surface area contributed by atoms with E-state index in [2.05, 4.69) is 11.8 Å². The summed E-state index contributed by atoms with van der Waals surface area (Å²) < 4.78 is 62.7. The molecule has 5 aromatic rings. The number of esters is 4. The first kappa shape index (κ1) is 51.2. The van der Waals surface area contributed by atoms with Crippen LogP contribution in [0.2, 0.25) is 0 Å². The van der Waals surface area contributed by atoms with E-state index in [1.807, 2.05) is 121 Å². The highest BCUT2D eigenvalue weighted by Crippen LogP contribution is 2.38. The topological polar surface area (TPSA) is 161 Å². The second kappa shape index (κ2) is 25.8. The lowest BCUT2D eigenvalue weighted by Gasteiger charge is -2.45. The molecule has 2 aliphatic rings. The van der Waals surface area contributed by atoms with E-state index in [0.717, 1.165) is 22.3 Å². The number of benzene rings is 5. The summed E-state index contributed by atoms with van der Waals surface area (Å²) in [6, 6.07) is 46.4. The lowest BCUT2D eigenvalue weighted by Crippen LogP contribution is -2.60. The van der Waals surface area contributed by atoms with Gasteiger partial charge in [0.15, 0.2) is 18.3 Å². The van der Waals surface area contributed by atoms with E-state index in [1.165, 1.54) is 27.7 Å². The lowest BCUT2D eigenvalue weighted by molar-refractivity contribution is -0.261. The summed E-state index contributed by atoms with van der Waals surface area (Å²) in [5, 5.41) is 0. The maximum Gasteiger partial charge on any atom is 0.303 e. The Morgan fingerprint density at radius 1 is 0.457 bits per heavy atom. The molecule has 0 saturated carbocycles. The summed E-state index contributed by atoms with van der Waals surface area (Å²) in [7, 11) is 0. The molecule has 2 heterocycles. The minimum absolute atomic E-state index is 0.140. The average Bonchev–Trinajstić information content (AvgIpc) is 3.35. The Morgan fingerprint density at radius 3 is 1.46 bits per heavy atom. The van der Waals surface area contributed by atoms with Crippen LogP contribution in [0.3, 0.4) is 0 Å². The van der Waals surface area contributed by atoms with Crippen LogP contribution in [0.25, 0.3) is 0 Å². The van der Waals surface area contributed by atoms with Gasteiger partial charge in [-0.1, -0.05) is 145 Å². The van der Waals surface area contributed by atoms with Crippen LogP contribution in [0.4, 0.5) is 0 Å². The molecule has 14 nitrogen and oxygen atoms in total. The van der Waals surface area contributed by atoms with E-state index in [1.54, 1.807) is 24.3 Å². The van der Waals surface area contributed by atoms with Gasteiger partial charge in [0, 0.05) is 33.3 Å². The van der Waals surface area contributed by atoms with Crippen molar-refractivity contribution in [2.24, 2.45) is 0 Å². The number of hydrogen-bond donors (Lipinski definition) is 0. The van der Waals surface area contributed by atoms with Crippen LogP contribution in [0.5, 0.6) is 0 Å². The fraction of sp³-hybridized carbons (Fsp3) is 0.357. The third kappa shape index (κ3) is 14.9. The van der Waals surface area contributed by atoms with Gasteiger partial charge in [0.25, 0.3) is 0 Å². The van der Waals surface area contributed by atoms with Crippen molar-refractivity contribution in [2.45, 2.75) is 115 Å². The molecule has 0 spiro atoms. The zero-order valence-electron chi connectivity index (χ0n) is 39.6. The Morgan fingerprint density at radius 2 is 0.929 bits per heavy atom. The molecule has 7 rings (SSSR count). The van der Waals surface area contributed by atoms with E-state index in [0.29, 0.717) is 17.7 Å². The van der Waals surface area contributed by atoms with Crippen molar-refractivity contribution in [1.29, 1.82) is 0 Å². The Hall–Kier alpha value is -6.70. The molecule has 0 unspecified atom stereocenters. The van der Waals surface area contributed by atoms with E-state index < -0.39 is 84.9 Å². The molecule has 5 aromatic carbocycles. The van der Waals surface area contributed by atoms with Crippen molar-refractivity contribution in [1.82, 2.24) is 0 Å². The van der Waals surface area contributed by atoms with Gasteiger partial charge in [-0.2, -0.15) is 0 Å². The molecular formula is C56H58O14. The molecule has 366 valence electrons. The molecule has 0 N–H and O–H groups in total. The largest absolute Gasteiger partial charge is 0.463 e. The van der Waals surface area contributed by atoms with Crippen molar-refractivity contribution in [3.05, 3.63) is 179 Å². The zero-order valence-corrected chi connectivity index (χ0v) is 39.6. The molecule has 10 atom stereocenters. The maximum absolute atomic E-state index is 12.6. The van der Waals surface area contributed by atoms with E-state index in [9.17, 15) is 19.2 Å². The summed E-state index contributed by atoms with van der Waals surface area (Å²) in [5.74, 6) is 3.88. The van der Waals surface area contributed by atoms with Gasteiger partial charge in [-0.3, -0.25) is 19.2 Å². The van der Waals surface area contributed by atoms with Crippen LogP contribution in [0.1, 0.15) is 67.2 Å². The standard InChI is InChI=1S/C56H58O14/c1-37(57)62-36-49-53(66-38(2)58)56(68-40(4)60)55(67-39(3)59)50(70-49)46-27-17-26-41(30-46)28-29-47-51(63-32-43-20-11-6-12-21-43)54(65-34-45-24-15-8-16-25-45)52(64-33-44-22-13-7-14-23-44)48(69-47)35-61-31-42-18-9-5-10-19-42/h5-27,30,47-56H,31-36H2,1-4H3/t47-,48-,49-,50-,51-,52-,53-,54-,55-,56-/m1/s1. The fourth-order valence-corrected chi connectivity index (χ4v) is 8.35. The molecule has 0 amide bonds. The monoisotopic (exact) mass is 954 g/mol. The fourth-order valence-electron chi connectivity index (χ4n) is 8.35. The SMILES string of the molecule is CC(=O)OC[C@H]1O[C@H](c2cccc(C#C[C@H]3O[C@H](COCc4ccccc4)[C@@H](OCc4ccccc4)[C@H](OCc4ccccc4)[C@@H]3OCc3ccccc3)c2)[C@@H](OC(C)=O)[C@H](OC(C)=O)[C@@H]1OC(C)=O. The van der Waals surface area contributed by atoms with Gasteiger partial charge in [0.1, 0.15) is 49.3 Å². The number of carbonyl (C=O) groups excluding carboxylic acids is 4. The average molecular weight is 955 g/mol. The van der Waals surface area contributed by atoms with Crippen LogP contribution in [-0.2, 0) is 93.0 Å². The van der Waals surface area contributed by atoms with Crippen molar-refractivity contribution in [2.75, 3.05) is 13.2 Å². The van der Waals surface area contributed by atoms with Gasteiger partial charge in [-0.05, 0) is 39.9 Å². The predicted octanol–water partition coefficient (Wildman–Crippen LogP) is 7.58. The van der Waals surface area contributed by atoms with Gasteiger partial charge in [0.2, 0.25) is 0 Å². The second-order valence-corrected chi connectivity index (χ2v) is 16.9. The molecule has 0 bridgehead atoms. The first-order valence-electron chi connectivity index (χ1n) is 23.2. The predicted molar refractivity (Wildman–Crippen MR) is 254 cm³/mol. The second-order valence-electron chi connectivity index (χ2n) is 16.9. The summed E-state index contributed by atoms with van der Waals surface area (Å²) in [6.45, 7) is 5.61. The first-order valence-corrected chi connectivity index (χ1v) is 23.2.